The number of halogens is 1. The van der Waals surface area contributed by atoms with E-state index in [0.717, 1.165) is 24.1 Å². The minimum atomic E-state index is -1.10. The molecule has 1 aliphatic heterocycles. The van der Waals surface area contributed by atoms with E-state index in [0.29, 0.717) is 31.9 Å². The van der Waals surface area contributed by atoms with Gasteiger partial charge in [0.15, 0.2) is 5.65 Å². The number of likely N-dealkylation sites (N-methyl/N-ethyl adjacent to an activating group) is 1. The third-order valence-electron chi connectivity index (χ3n) is 6.11. The van der Waals surface area contributed by atoms with Gasteiger partial charge in [-0.25, -0.2) is 28.5 Å². The number of aromatic carboxylic acids is 1. The number of carbonyl (C=O) groups excluding carboxylic acids is 1. The number of carboxylic acids is 1. The molecule has 0 saturated carbocycles. The molecule has 0 radical (unpaired) electrons. The van der Waals surface area contributed by atoms with E-state index in [1.807, 2.05) is 6.92 Å². The minimum Gasteiger partial charge on any atom is -0.477 e. The highest BCUT2D eigenvalue weighted by Crippen LogP contribution is 2.37. The van der Waals surface area contributed by atoms with Crippen LogP contribution in [0.4, 0.5) is 15.0 Å². The Morgan fingerprint density at radius 1 is 1.32 bits per heavy atom. The zero-order valence-electron chi connectivity index (χ0n) is 21.4. The molecule has 3 aromatic heterocycles. The lowest BCUT2D eigenvalue weighted by molar-refractivity contribution is 0.0338. The SMILES string of the molecule is CCN(CCc1ncc(F)cc1C1CCCN1c1ccn2ncc(C(=O)O)c2n1)NC(=O)OC(C)(C)C. The molecule has 3 aromatic rings. The Hall–Kier alpha value is -3.80. The van der Waals surface area contributed by atoms with Gasteiger partial charge in [0, 0.05) is 37.9 Å². The third-order valence-corrected chi connectivity index (χ3v) is 6.11. The van der Waals surface area contributed by atoms with Crippen molar-refractivity contribution in [1.29, 1.82) is 0 Å². The molecule has 2 N–H and O–H groups in total. The van der Waals surface area contributed by atoms with Crippen LogP contribution in [0.15, 0.2) is 30.7 Å². The van der Waals surface area contributed by atoms with Crippen molar-refractivity contribution in [2.45, 2.75) is 58.6 Å². The average molecular weight is 514 g/mol. The first kappa shape index (κ1) is 26.3. The highest BCUT2D eigenvalue weighted by molar-refractivity contribution is 5.94. The van der Waals surface area contributed by atoms with Gasteiger partial charge in [0.05, 0.1) is 18.4 Å². The molecule has 0 aromatic carbocycles. The Morgan fingerprint density at radius 3 is 2.81 bits per heavy atom. The fraction of sp³-hybridized carbons (Fsp3) is 0.480. The van der Waals surface area contributed by atoms with Crippen LogP contribution in [0, 0.1) is 5.82 Å². The number of ether oxygens (including phenoxy) is 1. The Morgan fingerprint density at radius 2 is 2.11 bits per heavy atom. The number of carbonyl (C=O) groups is 2. The van der Waals surface area contributed by atoms with Crippen molar-refractivity contribution in [2.75, 3.05) is 24.5 Å². The lowest BCUT2D eigenvalue weighted by Gasteiger charge is -2.28. The number of anilines is 1. The van der Waals surface area contributed by atoms with E-state index in [4.69, 9.17) is 4.74 Å². The van der Waals surface area contributed by atoms with Gasteiger partial charge in [0.25, 0.3) is 0 Å². The number of aromatic nitrogens is 4. The van der Waals surface area contributed by atoms with Crippen LogP contribution < -0.4 is 10.3 Å². The van der Waals surface area contributed by atoms with Crippen molar-refractivity contribution in [3.63, 3.8) is 0 Å². The number of hydrogen-bond acceptors (Lipinski definition) is 8. The fourth-order valence-corrected chi connectivity index (χ4v) is 4.48. The average Bonchev–Trinajstić information content (AvgIpc) is 3.48. The van der Waals surface area contributed by atoms with Gasteiger partial charge in [-0.05, 0) is 51.3 Å². The number of hydrazine groups is 1. The summed E-state index contributed by atoms with van der Waals surface area (Å²) < 4.78 is 21.1. The number of nitrogens with one attached hydrogen (secondary N) is 1. The zero-order chi connectivity index (χ0) is 26.7. The van der Waals surface area contributed by atoms with Crippen molar-refractivity contribution in [1.82, 2.24) is 30.0 Å². The maximum Gasteiger partial charge on any atom is 0.422 e. The highest BCUT2D eigenvalue weighted by Gasteiger charge is 2.30. The first-order valence-electron chi connectivity index (χ1n) is 12.3. The molecule has 37 heavy (non-hydrogen) atoms. The molecule has 1 fully saturated rings. The monoisotopic (exact) mass is 513 g/mol. The summed E-state index contributed by atoms with van der Waals surface area (Å²) in [7, 11) is 0. The van der Waals surface area contributed by atoms with E-state index < -0.39 is 23.5 Å². The summed E-state index contributed by atoms with van der Waals surface area (Å²) in [5.41, 5.74) is 3.88. The molecule has 0 bridgehead atoms. The molecule has 4 rings (SSSR count). The van der Waals surface area contributed by atoms with Crippen LogP contribution in [0.3, 0.4) is 0 Å². The first-order valence-corrected chi connectivity index (χ1v) is 12.3. The molecule has 0 spiro atoms. The summed E-state index contributed by atoms with van der Waals surface area (Å²) >= 11 is 0. The molecule has 1 unspecified atom stereocenters. The summed E-state index contributed by atoms with van der Waals surface area (Å²) in [5.74, 6) is -0.943. The number of pyridine rings is 1. The number of hydrogen-bond donors (Lipinski definition) is 2. The minimum absolute atomic E-state index is 0.0165. The summed E-state index contributed by atoms with van der Waals surface area (Å²) in [6, 6.07) is 3.10. The van der Waals surface area contributed by atoms with Crippen molar-refractivity contribution >= 4 is 23.5 Å². The van der Waals surface area contributed by atoms with Gasteiger partial charge < -0.3 is 14.7 Å². The Kier molecular flexibility index (Phi) is 7.58. The second-order valence-corrected chi connectivity index (χ2v) is 9.90. The number of carboxylic acid groups (broad SMARTS) is 1. The lowest BCUT2D eigenvalue weighted by atomic mass is 10.0. The maximum absolute atomic E-state index is 14.4. The molecule has 1 aliphatic rings. The fourth-order valence-electron chi connectivity index (χ4n) is 4.48. The molecule has 11 nitrogen and oxygen atoms in total. The Labute approximate surface area is 214 Å². The molecular weight excluding hydrogens is 481 g/mol. The summed E-state index contributed by atoms with van der Waals surface area (Å²) in [6.07, 6.45) is 5.71. The second-order valence-electron chi connectivity index (χ2n) is 9.90. The smallest absolute Gasteiger partial charge is 0.422 e. The molecule has 12 heteroatoms. The van der Waals surface area contributed by atoms with Gasteiger partial charge in [0.2, 0.25) is 0 Å². The number of rotatable bonds is 8. The third kappa shape index (κ3) is 6.13. The molecule has 1 saturated heterocycles. The standard InChI is InChI=1S/C25H32FN7O4/c1-5-31(30-24(36)37-25(2,3)4)11-8-19-17(13-16(26)14-27-19)20-7-6-10-32(20)21-9-12-33-22(29-21)18(15-28-33)23(34)35/h9,12-15,20H,5-8,10-11H2,1-4H3,(H,30,36)(H,34,35). The van der Waals surface area contributed by atoms with Gasteiger partial charge in [-0.2, -0.15) is 5.10 Å². The molecule has 1 atom stereocenters. The number of amides is 1. The van der Waals surface area contributed by atoms with E-state index in [9.17, 15) is 19.1 Å². The van der Waals surface area contributed by atoms with Crippen molar-refractivity contribution in [2.24, 2.45) is 0 Å². The van der Waals surface area contributed by atoms with Crippen molar-refractivity contribution in [3.8, 4) is 0 Å². The quantitative estimate of drug-likeness (QED) is 0.435. The largest absolute Gasteiger partial charge is 0.477 e. The van der Waals surface area contributed by atoms with Gasteiger partial charge in [-0.3, -0.25) is 10.4 Å². The van der Waals surface area contributed by atoms with Gasteiger partial charge >= 0.3 is 12.1 Å². The summed E-state index contributed by atoms with van der Waals surface area (Å²) in [6.45, 7) is 9.00. The second kappa shape index (κ2) is 10.7. The Bertz CT molecular complexity index is 1290. The Balaban J connectivity index is 1.56. The molecule has 1 amide bonds. The van der Waals surface area contributed by atoms with Crippen molar-refractivity contribution in [3.05, 3.63) is 53.4 Å². The van der Waals surface area contributed by atoms with E-state index in [2.05, 4.69) is 25.4 Å². The highest BCUT2D eigenvalue weighted by atomic mass is 19.1. The first-order chi connectivity index (χ1) is 17.6. The summed E-state index contributed by atoms with van der Waals surface area (Å²) in [5, 5.41) is 15.2. The summed E-state index contributed by atoms with van der Waals surface area (Å²) in [4.78, 5) is 34.8. The molecular formula is C25H32FN7O4. The van der Waals surface area contributed by atoms with Crippen LogP contribution in [-0.2, 0) is 11.2 Å². The van der Waals surface area contributed by atoms with Crippen LogP contribution in [0.1, 0.15) is 68.2 Å². The van der Waals surface area contributed by atoms with Crippen LogP contribution in [0.2, 0.25) is 0 Å². The van der Waals surface area contributed by atoms with Gasteiger partial charge in [-0.1, -0.05) is 6.92 Å². The maximum atomic E-state index is 14.4. The van der Waals surface area contributed by atoms with Crippen LogP contribution in [0.5, 0.6) is 0 Å². The predicted octanol–water partition coefficient (Wildman–Crippen LogP) is 3.61. The molecule has 198 valence electrons. The van der Waals surface area contributed by atoms with Gasteiger partial charge in [0.1, 0.15) is 22.8 Å². The number of nitrogens with zero attached hydrogens (tertiary/aromatic N) is 6. The van der Waals surface area contributed by atoms with E-state index in [1.54, 1.807) is 38.0 Å². The van der Waals surface area contributed by atoms with Crippen LogP contribution in [-0.4, -0.2) is 67.0 Å². The van der Waals surface area contributed by atoms with Crippen LogP contribution >= 0.6 is 0 Å². The van der Waals surface area contributed by atoms with Gasteiger partial charge in [-0.15, -0.1) is 0 Å². The lowest BCUT2D eigenvalue weighted by Crippen LogP contribution is -2.45. The normalized spacial score (nSPS) is 15.9. The zero-order valence-corrected chi connectivity index (χ0v) is 21.4. The topological polar surface area (TPSA) is 125 Å². The predicted molar refractivity (Wildman–Crippen MR) is 134 cm³/mol. The van der Waals surface area contributed by atoms with E-state index >= 15 is 0 Å². The molecule has 4 heterocycles. The van der Waals surface area contributed by atoms with E-state index in [1.165, 1.54) is 23.0 Å². The van der Waals surface area contributed by atoms with E-state index in [-0.39, 0.29) is 17.3 Å². The van der Waals surface area contributed by atoms with Crippen molar-refractivity contribution < 1.29 is 23.8 Å². The van der Waals surface area contributed by atoms with Crippen LogP contribution in [0.25, 0.3) is 5.65 Å². The molecule has 0 aliphatic carbocycles. The number of fused-ring (bicyclic) bond motifs is 1.